The molecule has 0 atom stereocenters. The minimum absolute atomic E-state index is 0.205. The van der Waals surface area contributed by atoms with Gasteiger partial charge in [-0.1, -0.05) is 12.1 Å². The molecular weight excluding hydrogens is 378 g/mol. The van der Waals surface area contributed by atoms with Gasteiger partial charge in [0.2, 0.25) is 11.8 Å². The highest BCUT2D eigenvalue weighted by Crippen LogP contribution is 2.26. The molecule has 3 aliphatic rings. The van der Waals surface area contributed by atoms with Crippen LogP contribution in [-0.4, -0.2) is 78.9 Å². The molecule has 0 saturated carbocycles. The van der Waals surface area contributed by atoms with E-state index in [0.29, 0.717) is 18.4 Å². The monoisotopic (exact) mass is 413 g/mol. The van der Waals surface area contributed by atoms with E-state index in [1.165, 1.54) is 12.8 Å². The third-order valence-corrected chi connectivity index (χ3v) is 7.12. The van der Waals surface area contributed by atoms with Gasteiger partial charge in [-0.3, -0.25) is 9.59 Å². The van der Waals surface area contributed by atoms with Gasteiger partial charge in [0.1, 0.15) is 5.75 Å². The second-order valence-electron chi connectivity index (χ2n) is 8.98. The van der Waals surface area contributed by atoms with E-state index in [1.807, 2.05) is 29.2 Å². The number of piperidine rings is 2. The van der Waals surface area contributed by atoms with Crippen LogP contribution >= 0.6 is 0 Å². The Kier molecular flexibility index (Phi) is 6.93. The first-order valence-electron chi connectivity index (χ1n) is 11.6. The summed E-state index contributed by atoms with van der Waals surface area (Å²) in [6.45, 7) is 5.63. The largest absolute Gasteiger partial charge is 0.497 e. The Bertz CT molecular complexity index is 731. The lowest BCUT2D eigenvalue weighted by Gasteiger charge is -2.42. The fraction of sp³-hybridized carbons (Fsp3) is 0.667. The molecule has 3 heterocycles. The molecule has 3 aliphatic heterocycles. The Morgan fingerprint density at radius 3 is 2.30 bits per heavy atom. The number of carbonyl (C=O) groups is 2. The molecule has 0 unspecified atom stereocenters. The Balaban J connectivity index is 1.21. The van der Waals surface area contributed by atoms with Crippen LogP contribution in [0.5, 0.6) is 5.75 Å². The quantitative estimate of drug-likeness (QED) is 0.745. The van der Waals surface area contributed by atoms with Crippen LogP contribution in [0, 0.1) is 5.92 Å². The summed E-state index contributed by atoms with van der Waals surface area (Å²) in [5.41, 5.74) is 1.01. The molecular formula is C24H35N3O3. The lowest BCUT2D eigenvalue weighted by molar-refractivity contribution is -0.137. The van der Waals surface area contributed by atoms with E-state index in [0.717, 1.165) is 76.3 Å². The van der Waals surface area contributed by atoms with Crippen LogP contribution in [0.25, 0.3) is 0 Å². The van der Waals surface area contributed by atoms with E-state index in [-0.39, 0.29) is 11.8 Å². The molecule has 4 rings (SSSR count). The van der Waals surface area contributed by atoms with E-state index in [1.54, 1.807) is 7.11 Å². The molecule has 0 spiro atoms. The molecule has 1 aromatic rings. The Labute approximate surface area is 180 Å². The number of benzene rings is 1. The van der Waals surface area contributed by atoms with Crippen LogP contribution in [0.1, 0.15) is 44.1 Å². The normalized spacial score (nSPS) is 21.8. The van der Waals surface area contributed by atoms with Crippen LogP contribution in [0.3, 0.4) is 0 Å². The maximum Gasteiger partial charge on any atom is 0.226 e. The van der Waals surface area contributed by atoms with Gasteiger partial charge in [0.05, 0.1) is 13.5 Å². The van der Waals surface area contributed by atoms with E-state index in [2.05, 4.69) is 9.80 Å². The molecule has 0 radical (unpaired) electrons. The summed E-state index contributed by atoms with van der Waals surface area (Å²) in [7, 11) is 1.65. The summed E-state index contributed by atoms with van der Waals surface area (Å²) in [6, 6.07) is 8.32. The highest BCUT2D eigenvalue weighted by Gasteiger charge is 2.33. The zero-order valence-corrected chi connectivity index (χ0v) is 18.2. The predicted octanol–water partition coefficient (Wildman–Crippen LogP) is 2.56. The number of carbonyl (C=O) groups excluding carboxylic acids is 2. The van der Waals surface area contributed by atoms with E-state index < -0.39 is 0 Å². The number of likely N-dealkylation sites (tertiary alicyclic amines) is 3. The summed E-state index contributed by atoms with van der Waals surface area (Å²) in [5, 5.41) is 0. The molecule has 2 amide bonds. The number of ether oxygens (including phenoxy) is 1. The summed E-state index contributed by atoms with van der Waals surface area (Å²) in [5.74, 6) is 1.62. The molecule has 0 aromatic heterocycles. The maximum atomic E-state index is 12.7. The van der Waals surface area contributed by atoms with Crippen LogP contribution < -0.4 is 4.74 Å². The SMILES string of the molecule is COc1cccc(CC(=O)N2CCC(N3CCC(C(=O)N4CCCC4)CC3)CC2)c1. The van der Waals surface area contributed by atoms with Crippen LogP contribution in [-0.2, 0) is 16.0 Å². The van der Waals surface area contributed by atoms with Gasteiger partial charge in [0, 0.05) is 38.1 Å². The van der Waals surface area contributed by atoms with Crippen molar-refractivity contribution in [3.05, 3.63) is 29.8 Å². The summed E-state index contributed by atoms with van der Waals surface area (Å²) in [6.07, 6.45) is 6.82. The number of nitrogens with zero attached hydrogens (tertiary/aromatic N) is 3. The van der Waals surface area contributed by atoms with Crippen molar-refractivity contribution in [2.24, 2.45) is 5.92 Å². The predicted molar refractivity (Wildman–Crippen MR) is 116 cm³/mol. The van der Waals surface area contributed by atoms with Gasteiger partial charge in [-0.2, -0.15) is 0 Å². The molecule has 3 saturated heterocycles. The molecule has 0 bridgehead atoms. The number of amides is 2. The molecule has 6 nitrogen and oxygen atoms in total. The number of rotatable bonds is 5. The van der Waals surface area contributed by atoms with Gasteiger partial charge in [0.15, 0.2) is 0 Å². The zero-order chi connectivity index (χ0) is 20.9. The minimum Gasteiger partial charge on any atom is -0.497 e. The first-order chi connectivity index (χ1) is 14.6. The summed E-state index contributed by atoms with van der Waals surface area (Å²) < 4.78 is 5.26. The molecule has 0 N–H and O–H groups in total. The lowest BCUT2D eigenvalue weighted by Crippen LogP contribution is -2.50. The number of hydrogen-bond acceptors (Lipinski definition) is 4. The Morgan fingerprint density at radius 2 is 1.63 bits per heavy atom. The molecule has 0 aliphatic carbocycles. The van der Waals surface area contributed by atoms with Gasteiger partial charge in [0.25, 0.3) is 0 Å². The second-order valence-corrected chi connectivity index (χ2v) is 8.98. The number of methoxy groups -OCH3 is 1. The first kappa shape index (κ1) is 21.2. The van der Waals surface area contributed by atoms with Gasteiger partial charge in [-0.05, 0) is 69.3 Å². The fourth-order valence-corrected chi connectivity index (χ4v) is 5.26. The fourth-order valence-electron chi connectivity index (χ4n) is 5.26. The van der Waals surface area contributed by atoms with Crippen molar-refractivity contribution >= 4 is 11.8 Å². The van der Waals surface area contributed by atoms with E-state index >= 15 is 0 Å². The highest BCUT2D eigenvalue weighted by atomic mass is 16.5. The molecule has 3 fully saturated rings. The Morgan fingerprint density at radius 1 is 0.933 bits per heavy atom. The third kappa shape index (κ3) is 4.97. The van der Waals surface area contributed by atoms with E-state index in [9.17, 15) is 9.59 Å². The maximum absolute atomic E-state index is 12.7. The van der Waals surface area contributed by atoms with E-state index in [4.69, 9.17) is 4.74 Å². The van der Waals surface area contributed by atoms with Crippen molar-refractivity contribution in [3.63, 3.8) is 0 Å². The summed E-state index contributed by atoms with van der Waals surface area (Å²) >= 11 is 0. The minimum atomic E-state index is 0.205. The van der Waals surface area contributed by atoms with Crippen LogP contribution in [0.15, 0.2) is 24.3 Å². The van der Waals surface area contributed by atoms with Crippen LogP contribution in [0.2, 0.25) is 0 Å². The number of hydrogen-bond donors (Lipinski definition) is 0. The van der Waals surface area contributed by atoms with Crippen molar-refractivity contribution < 1.29 is 14.3 Å². The zero-order valence-electron chi connectivity index (χ0n) is 18.2. The summed E-state index contributed by atoms with van der Waals surface area (Å²) in [4.78, 5) is 32.0. The van der Waals surface area contributed by atoms with Gasteiger partial charge < -0.3 is 19.4 Å². The molecule has 30 heavy (non-hydrogen) atoms. The topological polar surface area (TPSA) is 53.1 Å². The standard InChI is InChI=1S/C24H35N3O3/c1-30-22-6-4-5-19(17-22)18-23(28)26-15-9-21(10-16-26)25-13-7-20(8-14-25)24(29)27-11-2-3-12-27/h4-6,17,20-21H,2-3,7-16,18H2,1H3. The van der Waals surface area contributed by atoms with Gasteiger partial charge in [-0.25, -0.2) is 0 Å². The first-order valence-corrected chi connectivity index (χ1v) is 11.6. The third-order valence-electron chi connectivity index (χ3n) is 7.12. The Hall–Kier alpha value is -2.08. The van der Waals surface area contributed by atoms with Gasteiger partial charge >= 0.3 is 0 Å². The highest BCUT2D eigenvalue weighted by molar-refractivity contribution is 5.79. The van der Waals surface area contributed by atoms with Crippen molar-refractivity contribution in [3.8, 4) is 5.75 Å². The average Bonchev–Trinajstić information content (AvgIpc) is 3.34. The average molecular weight is 414 g/mol. The smallest absolute Gasteiger partial charge is 0.226 e. The molecule has 6 heteroatoms. The molecule has 164 valence electrons. The van der Waals surface area contributed by atoms with Gasteiger partial charge in [-0.15, -0.1) is 0 Å². The van der Waals surface area contributed by atoms with Crippen molar-refractivity contribution in [2.75, 3.05) is 46.4 Å². The van der Waals surface area contributed by atoms with Crippen molar-refractivity contribution in [1.82, 2.24) is 14.7 Å². The van der Waals surface area contributed by atoms with Crippen LogP contribution in [0.4, 0.5) is 0 Å². The molecule has 1 aromatic carbocycles. The second kappa shape index (κ2) is 9.82. The van der Waals surface area contributed by atoms with Crippen molar-refractivity contribution in [1.29, 1.82) is 0 Å². The van der Waals surface area contributed by atoms with Crippen molar-refractivity contribution in [2.45, 2.75) is 51.0 Å². The lowest BCUT2D eigenvalue weighted by atomic mass is 9.92.